The molecule has 1 fully saturated rings. The third-order valence-corrected chi connectivity index (χ3v) is 4.87. The van der Waals surface area contributed by atoms with E-state index in [1.54, 1.807) is 23.1 Å². The molecule has 0 N–H and O–H groups in total. The van der Waals surface area contributed by atoms with Gasteiger partial charge in [-0.1, -0.05) is 48.5 Å². The Balaban J connectivity index is 1.84. The number of halogens is 1. The third-order valence-electron chi connectivity index (χ3n) is 4.87. The van der Waals surface area contributed by atoms with E-state index in [0.717, 1.165) is 11.1 Å². The molecule has 2 aromatic carbocycles. The first kappa shape index (κ1) is 17.2. The molecule has 1 amide bonds. The number of hydrogen-bond acceptors (Lipinski definition) is 2. The van der Waals surface area contributed by atoms with E-state index >= 15 is 0 Å². The molecule has 0 saturated carbocycles. The molecule has 2 atom stereocenters. The molecule has 0 aromatic heterocycles. The average molecular weight is 339 g/mol. The number of amides is 1. The van der Waals surface area contributed by atoms with Crippen LogP contribution in [0.25, 0.3) is 0 Å². The van der Waals surface area contributed by atoms with E-state index in [4.69, 9.17) is 4.74 Å². The molecule has 0 radical (unpaired) electrons. The highest BCUT2D eigenvalue weighted by Crippen LogP contribution is 2.39. The summed E-state index contributed by atoms with van der Waals surface area (Å²) in [5, 5.41) is 0. The summed E-state index contributed by atoms with van der Waals surface area (Å²) in [5.74, 6) is -0.307. The van der Waals surface area contributed by atoms with E-state index in [2.05, 4.69) is 6.58 Å². The van der Waals surface area contributed by atoms with Gasteiger partial charge in [-0.2, -0.15) is 0 Å². The van der Waals surface area contributed by atoms with Crippen molar-refractivity contribution in [3.8, 4) is 0 Å². The van der Waals surface area contributed by atoms with E-state index in [1.807, 2.05) is 37.3 Å². The van der Waals surface area contributed by atoms with Gasteiger partial charge in [0.25, 0.3) is 0 Å². The molecular weight excluding hydrogens is 317 g/mol. The second-order valence-electron chi connectivity index (χ2n) is 6.39. The van der Waals surface area contributed by atoms with Crippen molar-refractivity contribution in [1.29, 1.82) is 0 Å². The monoisotopic (exact) mass is 339 g/mol. The maximum absolute atomic E-state index is 13.3. The van der Waals surface area contributed by atoms with Crippen LogP contribution in [0.2, 0.25) is 0 Å². The molecule has 4 heteroatoms. The van der Waals surface area contributed by atoms with Crippen LogP contribution in [0, 0.1) is 5.82 Å². The molecule has 0 bridgehead atoms. The second kappa shape index (κ2) is 7.09. The molecule has 3 nitrogen and oxygen atoms in total. The van der Waals surface area contributed by atoms with Crippen molar-refractivity contribution < 1.29 is 13.9 Å². The summed E-state index contributed by atoms with van der Waals surface area (Å²) in [4.78, 5) is 14.5. The van der Waals surface area contributed by atoms with E-state index in [0.29, 0.717) is 19.4 Å². The summed E-state index contributed by atoms with van der Waals surface area (Å²) in [5.41, 5.74) is 1.09. The summed E-state index contributed by atoms with van der Waals surface area (Å²) < 4.78 is 19.1. The zero-order valence-corrected chi connectivity index (χ0v) is 14.3. The Morgan fingerprint density at radius 1 is 1.24 bits per heavy atom. The van der Waals surface area contributed by atoms with Gasteiger partial charge < -0.3 is 9.64 Å². The topological polar surface area (TPSA) is 29.5 Å². The van der Waals surface area contributed by atoms with Crippen LogP contribution in [0.1, 0.15) is 36.9 Å². The number of rotatable bonds is 5. The molecule has 25 heavy (non-hydrogen) atoms. The summed E-state index contributed by atoms with van der Waals surface area (Å²) in [6.45, 7) is 6.36. The molecular formula is C21H22FNO2. The number of carbonyl (C=O) groups excluding carboxylic acids is 1. The van der Waals surface area contributed by atoms with E-state index in [9.17, 15) is 9.18 Å². The molecule has 0 aliphatic carbocycles. The fourth-order valence-corrected chi connectivity index (χ4v) is 3.38. The van der Waals surface area contributed by atoms with E-state index in [1.165, 1.54) is 12.1 Å². The number of ether oxygens (including phenoxy) is 1. The third kappa shape index (κ3) is 3.43. The van der Waals surface area contributed by atoms with Crippen molar-refractivity contribution in [3.05, 3.63) is 84.2 Å². The zero-order chi connectivity index (χ0) is 17.9. The Hall–Kier alpha value is -2.62. The van der Waals surface area contributed by atoms with Crippen molar-refractivity contribution in [3.63, 3.8) is 0 Å². The zero-order valence-electron chi connectivity index (χ0n) is 14.3. The van der Waals surface area contributed by atoms with Crippen LogP contribution in [0.15, 0.2) is 67.3 Å². The molecule has 1 aliphatic rings. The highest BCUT2D eigenvalue weighted by molar-refractivity contribution is 5.70. The van der Waals surface area contributed by atoms with Gasteiger partial charge >= 0.3 is 6.09 Å². The van der Waals surface area contributed by atoms with Gasteiger partial charge in [0, 0.05) is 19.4 Å². The molecule has 130 valence electrons. The Labute approximate surface area is 147 Å². The van der Waals surface area contributed by atoms with Crippen LogP contribution >= 0.6 is 0 Å². The van der Waals surface area contributed by atoms with Crippen molar-refractivity contribution in [2.45, 2.75) is 31.4 Å². The van der Waals surface area contributed by atoms with Gasteiger partial charge in [-0.3, -0.25) is 0 Å². The largest absolute Gasteiger partial charge is 0.437 e. The van der Waals surface area contributed by atoms with Crippen molar-refractivity contribution in [2.24, 2.45) is 0 Å². The maximum Gasteiger partial charge on any atom is 0.411 e. The lowest BCUT2D eigenvalue weighted by atomic mass is 9.85. The first-order valence-corrected chi connectivity index (χ1v) is 8.47. The number of benzene rings is 2. The van der Waals surface area contributed by atoms with E-state index < -0.39 is 5.60 Å². The molecule has 3 rings (SSSR count). The standard InChI is InChI=1S/C21H22FNO2/c1-3-13-21(18-9-11-19(22)12-10-18)14-15-23(20(24)25-21)16(2)17-7-5-4-6-8-17/h3-12,16H,1,13-15H2,2H3/t16-,21-/m0/s1. The van der Waals surface area contributed by atoms with Gasteiger partial charge in [0.2, 0.25) is 0 Å². The lowest BCUT2D eigenvalue weighted by Crippen LogP contribution is -2.48. The van der Waals surface area contributed by atoms with Gasteiger partial charge in [0.15, 0.2) is 0 Å². The summed E-state index contributed by atoms with van der Waals surface area (Å²) in [7, 11) is 0. The number of hydrogen-bond donors (Lipinski definition) is 0. The van der Waals surface area contributed by atoms with Gasteiger partial charge in [-0.25, -0.2) is 9.18 Å². The van der Waals surface area contributed by atoms with Gasteiger partial charge in [0.1, 0.15) is 11.4 Å². The summed E-state index contributed by atoms with van der Waals surface area (Å²) in [6, 6.07) is 16.0. The first-order valence-electron chi connectivity index (χ1n) is 8.47. The normalized spacial score (nSPS) is 21.5. The SMILES string of the molecule is C=CC[C@@]1(c2ccc(F)cc2)CCN([C@@H](C)c2ccccc2)C(=O)O1. The Morgan fingerprint density at radius 2 is 1.92 bits per heavy atom. The van der Waals surface area contributed by atoms with Gasteiger partial charge in [-0.15, -0.1) is 6.58 Å². The summed E-state index contributed by atoms with van der Waals surface area (Å²) in [6.07, 6.45) is 2.52. The molecule has 1 heterocycles. The predicted molar refractivity (Wildman–Crippen MR) is 95.6 cm³/mol. The lowest BCUT2D eigenvalue weighted by Gasteiger charge is -2.43. The van der Waals surface area contributed by atoms with Crippen LogP contribution < -0.4 is 0 Å². The van der Waals surface area contributed by atoms with E-state index in [-0.39, 0.29) is 18.0 Å². The van der Waals surface area contributed by atoms with Crippen LogP contribution in [0.5, 0.6) is 0 Å². The highest BCUT2D eigenvalue weighted by atomic mass is 19.1. The van der Waals surface area contributed by atoms with Crippen LogP contribution in [-0.4, -0.2) is 17.5 Å². The van der Waals surface area contributed by atoms with Crippen molar-refractivity contribution >= 4 is 6.09 Å². The Morgan fingerprint density at radius 3 is 2.52 bits per heavy atom. The van der Waals surface area contributed by atoms with Crippen LogP contribution in [0.3, 0.4) is 0 Å². The van der Waals surface area contributed by atoms with Gasteiger partial charge in [0.05, 0.1) is 6.04 Å². The van der Waals surface area contributed by atoms with Crippen molar-refractivity contribution in [1.82, 2.24) is 4.90 Å². The minimum absolute atomic E-state index is 0.0661. The lowest BCUT2D eigenvalue weighted by molar-refractivity contribution is -0.0588. The molecule has 0 spiro atoms. The fraction of sp³-hybridized carbons (Fsp3) is 0.286. The molecule has 2 aromatic rings. The smallest absolute Gasteiger partial charge is 0.411 e. The number of nitrogens with zero attached hydrogens (tertiary/aromatic N) is 1. The van der Waals surface area contributed by atoms with Crippen molar-refractivity contribution in [2.75, 3.05) is 6.54 Å². The van der Waals surface area contributed by atoms with Crippen LogP contribution in [0.4, 0.5) is 9.18 Å². The minimum Gasteiger partial charge on any atom is -0.437 e. The maximum atomic E-state index is 13.3. The molecule has 1 saturated heterocycles. The Kier molecular flexibility index (Phi) is 4.88. The summed E-state index contributed by atoms with van der Waals surface area (Å²) >= 11 is 0. The average Bonchev–Trinajstić information content (AvgIpc) is 2.63. The highest BCUT2D eigenvalue weighted by Gasteiger charge is 2.42. The van der Waals surface area contributed by atoms with Gasteiger partial charge in [-0.05, 0) is 30.2 Å². The Bertz CT molecular complexity index is 744. The quantitative estimate of drug-likeness (QED) is 0.701. The predicted octanol–water partition coefficient (Wildman–Crippen LogP) is 5.20. The number of carbonyl (C=O) groups is 1. The molecule has 0 unspecified atom stereocenters. The molecule has 1 aliphatic heterocycles. The first-order chi connectivity index (χ1) is 12.1. The van der Waals surface area contributed by atoms with Crippen LogP contribution in [-0.2, 0) is 10.3 Å². The number of cyclic esters (lactones) is 1. The minimum atomic E-state index is -0.778. The fourth-order valence-electron chi connectivity index (χ4n) is 3.38. The second-order valence-corrected chi connectivity index (χ2v) is 6.39.